The number of guanidine groups is 1. The van der Waals surface area contributed by atoms with Gasteiger partial charge in [0.1, 0.15) is 0 Å². The second-order valence-electron chi connectivity index (χ2n) is 7.40. The molecule has 0 aromatic heterocycles. The fraction of sp³-hybridized carbons (Fsp3) is 0.889. The van der Waals surface area contributed by atoms with E-state index in [1.165, 1.54) is 12.8 Å². The third kappa shape index (κ3) is 4.85. The van der Waals surface area contributed by atoms with Gasteiger partial charge in [0.05, 0.1) is 5.41 Å². The molecule has 6 nitrogen and oxygen atoms in total. The van der Waals surface area contributed by atoms with Crippen LogP contribution in [-0.4, -0.2) is 75.0 Å². The van der Waals surface area contributed by atoms with Crippen LogP contribution in [0.5, 0.6) is 0 Å². The molecule has 2 aliphatic carbocycles. The van der Waals surface area contributed by atoms with Gasteiger partial charge in [0.2, 0.25) is 5.91 Å². The van der Waals surface area contributed by atoms with Gasteiger partial charge >= 0.3 is 0 Å². The van der Waals surface area contributed by atoms with Crippen molar-refractivity contribution in [3.63, 3.8) is 0 Å². The molecule has 0 radical (unpaired) electrons. The summed E-state index contributed by atoms with van der Waals surface area (Å²) in [6.45, 7) is 5.94. The summed E-state index contributed by atoms with van der Waals surface area (Å²) in [7, 11) is 5.50. The summed E-state index contributed by atoms with van der Waals surface area (Å²) in [5.41, 5.74) is -0.259. The second kappa shape index (κ2) is 8.70. The van der Waals surface area contributed by atoms with Gasteiger partial charge in [0.25, 0.3) is 0 Å². The van der Waals surface area contributed by atoms with Gasteiger partial charge in [-0.2, -0.15) is 0 Å². The molecule has 0 heterocycles. The molecule has 0 saturated heterocycles. The number of nitrogens with zero attached hydrogens (tertiary/aromatic N) is 3. The van der Waals surface area contributed by atoms with Crippen LogP contribution in [-0.2, 0) is 4.79 Å². The summed E-state index contributed by atoms with van der Waals surface area (Å²) < 4.78 is 0. The molecule has 6 heteroatoms. The molecule has 2 aliphatic rings. The van der Waals surface area contributed by atoms with E-state index in [2.05, 4.69) is 27.4 Å². The van der Waals surface area contributed by atoms with Gasteiger partial charge in [-0.15, -0.1) is 0 Å². The second-order valence-corrected chi connectivity index (χ2v) is 7.40. The molecule has 0 spiro atoms. The predicted octanol–water partition coefficient (Wildman–Crippen LogP) is 1.28. The number of carbonyl (C=O) groups is 1. The van der Waals surface area contributed by atoms with Crippen LogP contribution in [0.15, 0.2) is 4.99 Å². The van der Waals surface area contributed by atoms with Crippen LogP contribution >= 0.6 is 0 Å². The number of hydrogen-bond donors (Lipinski definition) is 2. The Balaban J connectivity index is 1.80. The van der Waals surface area contributed by atoms with Crippen molar-refractivity contribution in [2.24, 2.45) is 10.4 Å². The lowest BCUT2D eigenvalue weighted by molar-refractivity contribution is -0.138. The summed E-state index contributed by atoms with van der Waals surface area (Å²) in [6.07, 6.45) is 6.91. The van der Waals surface area contributed by atoms with Gasteiger partial charge in [0, 0.05) is 46.8 Å². The number of nitrogens with one attached hydrogen (secondary N) is 2. The fourth-order valence-corrected chi connectivity index (χ4v) is 3.82. The number of likely N-dealkylation sites (N-methyl/N-ethyl adjacent to an activating group) is 1. The number of aliphatic imine (C=N–C) groups is 1. The van der Waals surface area contributed by atoms with Gasteiger partial charge in [-0.3, -0.25) is 14.7 Å². The van der Waals surface area contributed by atoms with Crippen LogP contribution in [0.25, 0.3) is 0 Å². The maximum Gasteiger partial charge on any atom is 0.230 e. The van der Waals surface area contributed by atoms with Gasteiger partial charge in [-0.05, 0) is 32.2 Å². The monoisotopic (exact) mass is 337 g/mol. The van der Waals surface area contributed by atoms with E-state index < -0.39 is 0 Å². The topological polar surface area (TPSA) is 60.0 Å². The van der Waals surface area contributed by atoms with Gasteiger partial charge in [-0.1, -0.05) is 19.8 Å². The summed E-state index contributed by atoms with van der Waals surface area (Å²) in [4.78, 5) is 21.2. The minimum absolute atomic E-state index is 0.244. The van der Waals surface area contributed by atoms with E-state index in [-0.39, 0.29) is 11.3 Å². The molecule has 0 atom stereocenters. The molecular formula is C18H35N5O. The smallest absolute Gasteiger partial charge is 0.230 e. The van der Waals surface area contributed by atoms with E-state index in [1.807, 2.05) is 14.1 Å². The molecule has 2 fully saturated rings. The van der Waals surface area contributed by atoms with Crippen molar-refractivity contribution in [3.05, 3.63) is 0 Å². The van der Waals surface area contributed by atoms with Gasteiger partial charge < -0.3 is 15.5 Å². The highest BCUT2D eigenvalue weighted by Crippen LogP contribution is 2.38. The van der Waals surface area contributed by atoms with Crippen LogP contribution in [0.4, 0.5) is 0 Å². The Morgan fingerprint density at radius 3 is 2.38 bits per heavy atom. The summed E-state index contributed by atoms with van der Waals surface area (Å²) >= 11 is 0. The minimum Gasteiger partial charge on any atom is -0.355 e. The van der Waals surface area contributed by atoms with Crippen LogP contribution in [0.2, 0.25) is 0 Å². The molecular weight excluding hydrogens is 302 g/mol. The zero-order valence-corrected chi connectivity index (χ0v) is 15.9. The highest BCUT2D eigenvalue weighted by molar-refractivity contribution is 5.85. The highest BCUT2D eigenvalue weighted by atomic mass is 16.2. The van der Waals surface area contributed by atoms with Crippen LogP contribution in [0.1, 0.15) is 45.4 Å². The number of carbonyl (C=O) groups excluding carboxylic acids is 1. The van der Waals surface area contributed by atoms with Crippen molar-refractivity contribution in [1.29, 1.82) is 0 Å². The lowest BCUT2D eigenvalue weighted by atomic mass is 9.84. The van der Waals surface area contributed by atoms with E-state index in [1.54, 1.807) is 11.9 Å². The number of rotatable bonds is 8. The molecule has 138 valence electrons. The maximum absolute atomic E-state index is 12.6. The molecule has 0 aliphatic heterocycles. The lowest BCUT2D eigenvalue weighted by Gasteiger charge is -2.31. The maximum atomic E-state index is 12.6. The normalized spacial score (nSPS) is 20.3. The van der Waals surface area contributed by atoms with E-state index in [9.17, 15) is 4.79 Å². The minimum atomic E-state index is -0.259. The zero-order chi connectivity index (χ0) is 17.6. The molecule has 0 aromatic carbocycles. The molecule has 1 amide bonds. The third-order valence-corrected chi connectivity index (χ3v) is 5.40. The summed E-state index contributed by atoms with van der Waals surface area (Å²) in [6, 6.07) is 0.797. The molecule has 2 N–H and O–H groups in total. The molecule has 2 saturated carbocycles. The Morgan fingerprint density at radius 1 is 1.21 bits per heavy atom. The molecule has 0 unspecified atom stereocenters. The summed E-state index contributed by atoms with van der Waals surface area (Å²) in [5, 5.41) is 6.80. The van der Waals surface area contributed by atoms with E-state index in [0.29, 0.717) is 6.54 Å². The first-order chi connectivity index (χ1) is 11.5. The fourth-order valence-electron chi connectivity index (χ4n) is 3.82. The van der Waals surface area contributed by atoms with Crippen molar-refractivity contribution in [3.8, 4) is 0 Å². The first-order valence-corrected chi connectivity index (χ1v) is 9.43. The molecule has 0 aromatic rings. The van der Waals surface area contributed by atoms with Crippen molar-refractivity contribution < 1.29 is 4.79 Å². The van der Waals surface area contributed by atoms with Crippen molar-refractivity contribution in [2.75, 3.05) is 47.3 Å². The quantitative estimate of drug-likeness (QED) is 0.517. The third-order valence-electron chi connectivity index (χ3n) is 5.40. The van der Waals surface area contributed by atoms with Gasteiger partial charge in [0.15, 0.2) is 5.96 Å². The van der Waals surface area contributed by atoms with Gasteiger partial charge in [-0.25, -0.2) is 0 Å². The lowest BCUT2D eigenvalue weighted by Crippen LogP contribution is -2.50. The van der Waals surface area contributed by atoms with Crippen molar-refractivity contribution >= 4 is 11.9 Å². The van der Waals surface area contributed by atoms with Crippen LogP contribution in [0.3, 0.4) is 0 Å². The molecule has 24 heavy (non-hydrogen) atoms. The Labute approximate surface area is 147 Å². The Hall–Kier alpha value is -1.30. The SMILES string of the molecule is CCN(CCNC(=NC)NCC1(C(=O)N(C)C)CCCC1)C1CC1. The van der Waals surface area contributed by atoms with Crippen molar-refractivity contribution in [2.45, 2.75) is 51.5 Å². The standard InChI is InChI=1S/C18H35N5O/c1-5-23(15-8-9-15)13-12-20-17(19-2)21-14-18(10-6-7-11-18)16(24)22(3)4/h15H,5-14H2,1-4H3,(H2,19,20,21). The van der Waals surface area contributed by atoms with Crippen molar-refractivity contribution in [1.82, 2.24) is 20.4 Å². The predicted molar refractivity (Wildman–Crippen MR) is 99.2 cm³/mol. The highest BCUT2D eigenvalue weighted by Gasteiger charge is 2.42. The Kier molecular flexibility index (Phi) is 6.90. The van der Waals surface area contributed by atoms with E-state index in [0.717, 1.165) is 57.3 Å². The largest absolute Gasteiger partial charge is 0.355 e. The van der Waals surface area contributed by atoms with Crippen LogP contribution < -0.4 is 10.6 Å². The summed E-state index contributed by atoms with van der Waals surface area (Å²) in [5.74, 6) is 1.05. The van der Waals surface area contributed by atoms with E-state index >= 15 is 0 Å². The first-order valence-electron chi connectivity index (χ1n) is 9.43. The molecule has 2 rings (SSSR count). The Morgan fingerprint density at radius 2 is 1.88 bits per heavy atom. The average molecular weight is 338 g/mol. The number of hydrogen-bond acceptors (Lipinski definition) is 3. The average Bonchev–Trinajstić information content (AvgIpc) is 3.31. The number of amides is 1. The van der Waals surface area contributed by atoms with Crippen LogP contribution in [0, 0.1) is 5.41 Å². The zero-order valence-electron chi connectivity index (χ0n) is 15.9. The first kappa shape index (κ1) is 19.0. The molecule has 0 bridgehead atoms. The van der Waals surface area contributed by atoms with E-state index in [4.69, 9.17) is 0 Å². The Bertz CT molecular complexity index is 439.